The molecule has 0 amide bonds. The van der Waals surface area contributed by atoms with E-state index in [2.05, 4.69) is 22.9 Å². The number of unbranched alkanes of at least 4 members (excludes halogenated alkanes) is 1. The number of ether oxygens (including phenoxy) is 2. The van der Waals surface area contributed by atoms with Crippen molar-refractivity contribution in [2.75, 3.05) is 6.79 Å². The van der Waals surface area contributed by atoms with Crippen LogP contribution in [0.25, 0.3) is 0 Å². The summed E-state index contributed by atoms with van der Waals surface area (Å²) in [5, 5.41) is 10.1. The molecule has 0 saturated heterocycles. The minimum absolute atomic E-state index is 0. The van der Waals surface area contributed by atoms with E-state index in [-0.39, 0.29) is 19.2 Å². The van der Waals surface area contributed by atoms with Crippen LogP contribution in [0.5, 0.6) is 11.5 Å². The van der Waals surface area contributed by atoms with Crippen LogP contribution in [0.2, 0.25) is 0 Å². The molecule has 1 heterocycles. The number of rotatable bonds is 5. The lowest BCUT2D eigenvalue weighted by atomic mass is 9.98. The van der Waals surface area contributed by atoms with Crippen LogP contribution in [0, 0.1) is 0 Å². The summed E-state index contributed by atoms with van der Waals surface area (Å²) in [6, 6.07) is 3.26. The fourth-order valence-corrected chi connectivity index (χ4v) is 2.58. The minimum atomic E-state index is -0.540. The lowest BCUT2D eigenvalue weighted by Gasteiger charge is -2.20. The Morgan fingerprint density at radius 1 is 1.37 bits per heavy atom. The van der Waals surface area contributed by atoms with Gasteiger partial charge in [-0.25, -0.2) is 0 Å². The van der Waals surface area contributed by atoms with Gasteiger partial charge in [0.2, 0.25) is 6.79 Å². The van der Waals surface area contributed by atoms with Gasteiger partial charge in [-0.2, -0.15) is 0 Å². The van der Waals surface area contributed by atoms with Gasteiger partial charge in [-0.15, -0.1) is 12.4 Å². The Bertz CT molecular complexity index is 431. The zero-order valence-electron chi connectivity index (χ0n) is 10.8. The normalized spacial score (nSPS) is 15.8. The zero-order valence-corrected chi connectivity index (χ0v) is 13.2. The molecule has 3 N–H and O–H groups in total. The molecule has 1 aliphatic rings. The van der Waals surface area contributed by atoms with E-state index in [1.165, 1.54) is 0 Å². The Morgan fingerprint density at radius 2 is 2.00 bits per heavy atom. The number of halogens is 2. The van der Waals surface area contributed by atoms with Crippen LogP contribution in [-0.2, 0) is 0 Å². The number of hydrogen-bond donors (Lipinski definition) is 2. The number of aliphatic hydroxyl groups excluding tert-OH is 1. The van der Waals surface area contributed by atoms with Crippen LogP contribution in [0.3, 0.4) is 0 Å². The first kappa shape index (κ1) is 16.6. The second kappa shape index (κ2) is 7.33. The Hall–Kier alpha value is -0.490. The highest BCUT2D eigenvalue weighted by Gasteiger charge is 2.23. The van der Waals surface area contributed by atoms with Gasteiger partial charge in [0.15, 0.2) is 11.5 Å². The molecule has 0 bridgehead atoms. The van der Waals surface area contributed by atoms with Gasteiger partial charge in [0.05, 0.1) is 12.1 Å². The maximum Gasteiger partial charge on any atom is 0.231 e. The largest absolute Gasteiger partial charge is 0.454 e. The molecule has 0 radical (unpaired) electrons. The number of aliphatic hydroxyl groups is 1. The second-order valence-electron chi connectivity index (χ2n) is 4.46. The number of benzene rings is 1. The summed E-state index contributed by atoms with van der Waals surface area (Å²) in [6.45, 7) is 2.33. The summed E-state index contributed by atoms with van der Waals surface area (Å²) in [5.74, 6) is 1.40. The van der Waals surface area contributed by atoms with Crippen LogP contribution < -0.4 is 15.2 Å². The highest BCUT2D eigenvalue weighted by Crippen LogP contribution is 2.39. The van der Waals surface area contributed by atoms with Crippen LogP contribution in [-0.4, -0.2) is 18.0 Å². The molecule has 0 unspecified atom stereocenters. The third-order valence-corrected chi connectivity index (χ3v) is 3.81. The van der Waals surface area contributed by atoms with E-state index in [0.29, 0.717) is 17.9 Å². The van der Waals surface area contributed by atoms with Gasteiger partial charge in [0.25, 0.3) is 0 Å². The number of hydrogen-bond acceptors (Lipinski definition) is 4. The van der Waals surface area contributed by atoms with E-state index >= 15 is 0 Å². The van der Waals surface area contributed by atoms with Crippen LogP contribution >= 0.6 is 28.3 Å². The van der Waals surface area contributed by atoms with E-state index in [9.17, 15) is 5.11 Å². The fraction of sp³-hybridized carbons (Fsp3) is 0.538. The molecule has 1 aliphatic heterocycles. The summed E-state index contributed by atoms with van der Waals surface area (Å²) >= 11 is 3.46. The Labute approximate surface area is 127 Å². The standard InChI is InChI=1S/C13H18BrNO3.ClH/c1-2-3-4-10(16)13(15)8-5-11-12(6-9(8)14)18-7-17-11;/h5-6,10,13,16H,2-4,7,15H2,1H3;1H/t10-,13+;/m0./s1. The van der Waals surface area contributed by atoms with E-state index in [1.54, 1.807) is 0 Å². The summed E-state index contributed by atoms with van der Waals surface area (Å²) < 4.78 is 11.5. The SMILES string of the molecule is CCCC[C@H](O)[C@H](N)c1cc2c(cc1Br)OCO2.Cl. The van der Waals surface area contributed by atoms with E-state index in [0.717, 1.165) is 22.9 Å². The molecular formula is C13H19BrClNO3. The average molecular weight is 353 g/mol. The number of nitrogens with two attached hydrogens (primary N) is 1. The quantitative estimate of drug-likeness (QED) is 0.854. The third-order valence-electron chi connectivity index (χ3n) is 3.12. The van der Waals surface area contributed by atoms with Gasteiger partial charge >= 0.3 is 0 Å². The van der Waals surface area contributed by atoms with E-state index < -0.39 is 12.1 Å². The maximum atomic E-state index is 10.1. The van der Waals surface area contributed by atoms with Crippen molar-refractivity contribution in [2.24, 2.45) is 5.73 Å². The summed E-state index contributed by atoms with van der Waals surface area (Å²) in [7, 11) is 0. The van der Waals surface area contributed by atoms with Gasteiger partial charge in [-0.05, 0) is 24.1 Å². The van der Waals surface area contributed by atoms with Crippen molar-refractivity contribution < 1.29 is 14.6 Å². The molecule has 6 heteroatoms. The van der Waals surface area contributed by atoms with Gasteiger partial charge in [-0.1, -0.05) is 35.7 Å². The lowest BCUT2D eigenvalue weighted by molar-refractivity contribution is 0.132. The van der Waals surface area contributed by atoms with Crippen molar-refractivity contribution in [2.45, 2.75) is 38.3 Å². The molecule has 0 aliphatic carbocycles. The predicted molar refractivity (Wildman–Crippen MR) is 80.0 cm³/mol. The number of fused-ring (bicyclic) bond motifs is 1. The molecule has 1 aromatic rings. The summed E-state index contributed by atoms with van der Waals surface area (Å²) in [4.78, 5) is 0. The molecule has 0 fully saturated rings. The maximum absolute atomic E-state index is 10.1. The van der Waals surface area contributed by atoms with E-state index in [1.807, 2.05) is 12.1 Å². The Balaban J connectivity index is 0.00000180. The van der Waals surface area contributed by atoms with Crippen molar-refractivity contribution in [3.8, 4) is 11.5 Å². The van der Waals surface area contributed by atoms with Crippen molar-refractivity contribution in [1.29, 1.82) is 0 Å². The smallest absolute Gasteiger partial charge is 0.231 e. The molecule has 4 nitrogen and oxygen atoms in total. The van der Waals surface area contributed by atoms with Crippen LogP contribution in [0.1, 0.15) is 37.8 Å². The molecule has 2 atom stereocenters. The zero-order chi connectivity index (χ0) is 13.1. The summed E-state index contributed by atoms with van der Waals surface area (Å²) in [6.07, 6.45) is 2.18. The van der Waals surface area contributed by atoms with Gasteiger partial charge in [-0.3, -0.25) is 0 Å². The van der Waals surface area contributed by atoms with Gasteiger partial charge in [0.1, 0.15) is 0 Å². The summed E-state index contributed by atoms with van der Waals surface area (Å²) in [5.41, 5.74) is 6.95. The molecule has 1 aromatic carbocycles. The predicted octanol–water partition coefficient (Wildman–Crippen LogP) is 3.15. The van der Waals surface area contributed by atoms with Crippen molar-refractivity contribution >= 4 is 28.3 Å². The molecule has 0 aromatic heterocycles. The topological polar surface area (TPSA) is 64.7 Å². The monoisotopic (exact) mass is 351 g/mol. The van der Waals surface area contributed by atoms with Crippen molar-refractivity contribution in [3.05, 3.63) is 22.2 Å². The minimum Gasteiger partial charge on any atom is -0.454 e. The Kier molecular flexibility index (Phi) is 6.39. The van der Waals surface area contributed by atoms with Crippen LogP contribution in [0.4, 0.5) is 0 Å². The highest BCUT2D eigenvalue weighted by molar-refractivity contribution is 9.10. The van der Waals surface area contributed by atoms with E-state index in [4.69, 9.17) is 15.2 Å². The van der Waals surface area contributed by atoms with Gasteiger partial charge < -0.3 is 20.3 Å². The average Bonchev–Trinajstić information content (AvgIpc) is 2.81. The fourth-order valence-electron chi connectivity index (χ4n) is 1.99. The third kappa shape index (κ3) is 3.75. The second-order valence-corrected chi connectivity index (χ2v) is 5.32. The molecule has 108 valence electrons. The first-order valence-electron chi connectivity index (χ1n) is 6.16. The molecular weight excluding hydrogens is 334 g/mol. The first-order valence-corrected chi connectivity index (χ1v) is 6.95. The lowest BCUT2D eigenvalue weighted by Crippen LogP contribution is -2.26. The Morgan fingerprint density at radius 3 is 2.63 bits per heavy atom. The van der Waals surface area contributed by atoms with Gasteiger partial charge in [0, 0.05) is 4.47 Å². The molecule has 19 heavy (non-hydrogen) atoms. The van der Waals surface area contributed by atoms with Crippen molar-refractivity contribution in [1.82, 2.24) is 0 Å². The van der Waals surface area contributed by atoms with Crippen LogP contribution in [0.15, 0.2) is 16.6 Å². The highest BCUT2D eigenvalue weighted by atomic mass is 79.9. The first-order chi connectivity index (χ1) is 8.63. The molecule has 0 saturated carbocycles. The molecule has 0 spiro atoms. The molecule has 2 rings (SSSR count). The van der Waals surface area contributed by atoms with Crippen molar-refractivity contribution in [3.63, 3.8) is 0 Å².